The molecule has 0 bridgehead atoms. The first-order chi connectivity index (χ1) is 4.34. The van der Waals surface area contributed by atoms with Crippen LogP contribution >= 0.6 is 0 Å². The van der Waals surface area contributed by atoms with Gasteiger partial charge in [0.15, 0.2) is 0 Å². The van der Waals surface area contributed by atoms with Crippen LogP contribution in [0.1, 0.15) is 6.42 Å². The van der Waals surface area contributed by atoms with Crippen molar-refractivity contribution in [3.8, 4) is 12.0 Å². The molecule has 1 rings (SSSR count). The minimum absolute atomic E-state index is 0.928. The molecule has 1 N–H and O–H groups in total. The second-order valence-corrected chi connectivity index (χ2v) is 2.04. The monoisotopic (exact) mass is 123 g/mol. The van der Waals surface area contributed by atoms with Crippen molar-refractivity contribution in [2.24, 2.45) is 0 Å². The Hall–Kier alpha value is -1.10. The number of hydrogen-bond donors (Lipinski definition) is 1. The topological polar surface area (TPSA) is 23.5 Å². The Balaban J connectivity index is 2.65. The Morgan fingerprint density at radius 2 is 2.56 bits per heavy atom. The number of nitrogens with zero attached hydrogens (tertiary/aromatic N) is 1. The Labute approximate surface area is 54.8 Å². The fourth-order valence-corrected chi connectivity index (χ4v) is 0.875. The molecule has 0 atom stereocenters. The zero-order valence-corrected chi connectivity index (χ0v) is 5.39. The molecule has 1 aliphatic heterocycles. The van der Waals surface area contributed by atoms with Crippen molar-refractivity contribution in [1.82, 2.24) is 4.90 Å². The average Bonchev–Trinajstić information content (AvgIpc) is 2.18. The van der Waals surface area contributed by atoms with Gasteiger partial charge in [0.1, 0.15) is 6.11 Å². The van der Waals surface area contributed by atoms with Crippen LogP contribution in [0, 0.1) is 12.0 Å². The number of aliphatic hydroxyl groups excluding tert-OH is 1. The maximum absolute atomic E-state index is 8.22. The molecule has 0 radical (unpaired) electrons. The number of hydrogen-bond acceptors (Lipinski definition) is 2. The van der Waals surface area contributed by atoms with E-state index >= 15 is 0 Å². The first-order valence-electron chi connectivity index (χ1n) is 2.91. The lowest BCUT2D eigenvalue weighted by atomic mass is 10.4. The highest BCUT2D eigenvalue weighted by Gasteiger charge is 2.06. The third-order valence-corrected chi connectivity index (χ3v) is 1.40. The predicted octanol–water partition coefficient (Wildman–Crippen LogP) is 0.539. The second kappa shape index (κ2) is 2.45. The largest absolute Gasteiger partial charge is 0.462 e. The van der Waals surface area contributed by atoms with Crippen molar-refractivity contribution < 1.29 is 5.11 Å². The zero-order chi connectivity index (χ0) is 6.69. The molecule has 0 saturated heterocycles. The van der Waals surface area contributed by atoms with E-state index < -0.39 is 0 Å². The fraction of sp³-hybridized carbons (Fsp3) is 0.429. The SMILES string of the molecule is CN1CCC=C1C#CO. The quantitative estimate of drug-likeness (QED) is 0.475. The lowest BCUT2D eigenvalue weighted by molar-refractivity contribution is 0.471. The van der Waals surface area contributed by atoms with Crippen LogP contribution in [0.5, 0.6) is 0 Å². The van der Waals surface area contributed by atoms with Crippen LogP contribution in [0.25, 0.3) is 0 Å². The molecule has 0 spiro atoms. The molecule has 48 valence electrons. The van der Waals surface area contributed by atoms with Gasteiger partial charge in [0.25, 0.3) is 0 Å². The van der Waals surface area contributed by atoms with E-state index in [-0.39, 0.29) is 0 Å². The zero-order valence-electron chi connectivity index (χ0n) is 5.39. The van der Waals surface area contributed by atoms with Crippen LogP contribution in [0.3, 0.4) is 0 Å². The standard InChI is InChI=1S/C7H9NO/c1-8-5-2-3-7(8)4-6-9/h3,9H,2,5H2,1H3. The number of aliphatic hydroxyl groups is 1. The summed E-state index contributed by atoms with van der Waals surface area (Å²) in [5.41, 5.74) is 0.928. The van der Waals surface area contributed by atoms with Gasteiger partial charge in [-0.3, -0.25) is 0 Å². The van der Waals surface area contributed by atoms with E-state index in [1.807, 2.05) is 24.1 Å². The van der Waals surface area contributed by atoms with E-state index in [0.717, 1.165) is 18.7 Å². The predicted molar refractivity (Wildman–Crippen MR) is 35.0 cm³/mol. The van der Waals surface area contributed by atoms with Gasteiger partial charge in [-0.2, -0.15) is 0 Å². The molecule has 1 aliphatic rings. The molecule has 9 heavy (non-hydrogen) atoms. The molecule has 0 aliphatic carbocycles. The summed E-state index contributed by atoms with van der Waals surface area (Å²) in [6, 6.07) is 0. The highest BCUT2D eigenvalue weighted by atomic mass is 16.2. The summed E-state index contributed by atoms with van der Waals surface area (Å²) < 4.78 is 0. The van der Waals surface area contributed by atoms with E-state index in [9.17, 15) is 0 Å². The maximum Gasteiger partial charge on any atom is 0.114 e. The molecule has 0 saturated carbocycles. The van der Waals surface area contributed by atoms with Crippen molar-refractivity contribution >= 4 is 0 Å². The van der Waals surface area contributed by atoms with Crippen LogP contribution in [-0.4, -0.2) is 23.6 Å². The minimum atomic E-state index is 0.928. The molecule has 2 heteroatoms. The van der Waals surface area contributed by atoms with Crippen LogP contribution in [-0.2, 0) is 0 Å². The maximum atomic E-state index is 8.22. The van der Waals surface area contributed by atoms with E-state index in [1.54, 1.807) is 0 Å². The lowest BCUT2D eigenvalue weighted by Crippen LogP contribution is -2.11. The summed E-state index contributed by atoms with van der Waals surface area (Å²) in [5, 5.41) is 8.22. The minimum Gasteiger partial charge on any atom is -0.462 e. The molecule has 0 unspecified atom stereocenters. The Kier molecular flexibility index (Phi) is 1.64. The smallest absolute Gasteiger partial charge is 0.114 e. The number of rotatable bonds is 0. The van der Waals surface area contributed by atoms with Gasteiger partial charge < -0.3 is 10.0 Å². The molecular weight excluding hydrogens is 114 g/mol. The summed E-state index contributed by atoms with van der Waals surface area (Å²) in [6.07, 6.45) is 4.94. The van der Waals surface area contributed by atoms with Gasteiger partial charge in [-0.1, -0.05) is 6.08 Å². The van der Waals surface area contributed by atoms with Crippen LogP contribution in [0.15, 0.2) is 11.8 Å². The van der Waals surface area contributed by atoms with Gasteiger partial charge >= 0.3 is 0 Å². The molecule has 0 fully saturated rings. The molecular formula is C7H9NO. The number of allylic oxidation sites excluding steroid dienone is 1. The van der Waals surface area contributed by atoms with Gasteiger partial charge in [-0.15, -0.1) is 0 Å². The first-order valence-corrected chi connectivity index (χ1v) is 2.91. The second-order valence-electron chi connectivity index (χ2n) is 2.04. The van der Waals surface area contributed by atoms with E-state index in [4.69, 9.17) is 5.11 Å². The van der Waals surface area contributed by atoms with Crippen LogP contribution in [0.2, 0.25) is 0 Å². The normalized spacial score (nSPS) is 16.6. The molecule has 0 amide bonds. The van der Waals surface area contributed by atoms with Gasteiger partial charge in [0.05, 0.1) is 5.70 Å². The lowest BCUT2D eigenvalue weighted by Gasteiger charge is -2.09. The van der Waals surface area contributed by atoms with E-state index in [0.29, 0.717) is 0 Å². The van der Waals surface area contributed by atoms with Crippen molar-refractivity contribution in [2.75, 3.05) is 13.6 Å². The van der Waals surface area contributed by atoms with Crippen LogP contribution in [0.4, 0.5) is 0 Å². The molecule has 0 aromatic carbocycles. The summed E-state index contributed by atoms with van der Waals surface area (Å²) >= 11 is 0. The van der Waals surface area contributed by atoms with Crippen LogP contribution < -0.4 is 0 Å². The summed E-state index contributed by atoms with van der Waals surface area (Å²) in [5.74, 6) is 2.59. The molecule has 2 nitrogen and oxygen atoms in total. The first kappa shape index (κ1) is 6.03. The average molecular weight is 123 g/mol. The van der Waals surface area contributed by atoms with Crippen molar-refractivity contribution in [2.45, 2.75) is 6.42 Å². The summed E-state index contributed by atoms with van der Waals surface area (Å²) in [6.45, 7) is 1.02. The fourth-order valence-electron chi connectivity index (χ4n) is 0.875. The molecule has 1 heterocycles. The highest BCUT2D eigenvalue weighted by molar-refractivity contribution is 5.27. The van der Waals surface area contributed by atoms with Crippen molar-refractivity contribution in [3.05, 3.63) is 11.8 Å². The van der Waals surface area contributed by atoms with Gasteiger partial charge in [0.2, 0.25) is 0 Å². The summed E-state index contributed by atoms with van der Waals surface area (Å²) in [4.78, 5) is 2.02. The van der Waals surface area contributed by atoms with Gasteiger partial charge in [0, 0.05) is 13.6 Å². The van der Waals surface area contributed by atoms with Crippen molar-refractivity contribution in [1.29, 1.82) is 0 Å². The molecule has 0 aromatic heterocycles. The Morgan fingerprint density at radius 3 is 3.00 bits per heavy atom. The van der Waals surface area contributed by atoms with E-state index in [2.05, 4.69) is 5.92 Å². The Morgan fingerprint density at radius 1 is 1.78 bits per heavy atom. The highest BCUT2D eigenvalue weighted by Crippen LogP contribution is 2.09. The third kappa shape index (κ3) is 1.17. The van der Waals surface area contributed by atoms with Gasteiger partial charge in [-0.25, -0.2) is 0 Å². The third-order valence-electron chi connectivity index (χ3n) is 1.40. The molecule has 0 aromatic rings. The van der Waals surface area contributed by atoms with E-state index in [1.165, 1.54) is 0 Å². The summed E-state index contributed by atoms with van der Waals surface area (Å²) in [7, 11) is 1.96. The van der Waals surface area contributed by atoms with Crippen molar-refractivity contribution in [3.63, 3.8) is 0 Å². The van der Waals surface area contributed by atoms with Gasteiger partial charge in [-0.05, 0) is 12.3 Å². The Bertz CT molecular complexity index is 185.